The molecular weight excluding hydrogens is 306 g/mol. The van der Waals surface area contributed by atoms with Crippen LogP contribution in [0.2, 0.25) is 0 Å². The predicted octanol–water partition coefficient (Wildman–Crippen LogP) is 6.40. The molecule has 2 heteroatoms. The van der Waals surface area contributed by atoms with Gasteiger partial charge in [-0.3, -0.25) is 4.79 Å². The third-order valence-corrected chi connectivity index (χ3v) is 4.42. The first-order valence-electron chi connectivity index (χ1n) is 8.61. The summed E-state index contributed by atoms with van der Waals surface area (Å²) in [7, 11) is 0. The Kier molecular flexibility index (Phi) is 4.99. The number of hydrogen-bond acceptors (Lipinski definition) is 2. The molecule has 25 heavy (non-hydrogen) atoms. The van der Waals surface area contributed by atoms with Gasteiger partial charge in [0.05, 0.1) is 5.69 Å². The molecule has 0 atom stereocenters. The SMILES string of the molecule is Cc1cccc(C(C)C)c1N(c1ccccc1)c1ccc(C=O)cc1. The number of para-hydroxylation sites is 2. The van der Waals surface area contributed by atoms with Crippen LogP contribution in [0.25, 0.3) is 0 Å². The van der Waals surface area contributed by atoms with Crippen molar-refractivity contribution in [1.82, 2.24) is 0 Å². The highest BCUT2D eigenvalue weighted by molar-refractivity contribution is 5.82. The van der Waals surface area contributed by atoms with Gasteiger partial charge in [-0.25, -0.2) is 0 Å². The second-order valence-electron chi connectivity index (χ2n) is 6.55. The lowest BCUT2D eigenvalue weighted by Crippen LogP contribution is -2.14. The number of anilines is 3. The highest BCUT2D eigenvalue weighted by Crippen LogP contribution is 2.40. The molecule has 0 saturated carbocycles. The van der Waals surface area contributed by atoms with Gasteiger partial charge in [0.25, 0.3) is 0 Å². The lowest BCUT2D eigenvalue weighted by molar-refractivity contribution is 0.112. The van der Waals surface area contributed by atoms with E-state index in [9.17, 15) is 4.79 Å². The van der Waals surface area contributed by atoms with Crippen molar-refractivity contribution < 1.29 is 4.79 Å². The van der Waals surface area contributed by atoms with Gasteiger partial charge in [-0.15, -0.1) is 0 Å². The third-order valence-electron chi connectivity index (χ3n) is 4.42. The number of aryl methyl sites for hydroxylation is 1. The van der Waals surface area contributed by atoms with Crippen molar-refractivity contribution in [2.45, 2.75) is 26.7 Å². The summed E-state index contributed by atoms with van der Waals surface area (Å²) in [5.41, 5.74) is 6.59. The van der Waals surface area contributed by atoms with Crippen LogP contribution in [0.4, 0.5) is 17.1 Å². The maximum atomic E-state index is 11.0. The molecule has 0 heterocycles. The number of carbonyl (C=O) groups is 1. The zero-order valence-corrected chi connectivity index (χ0v) is 14.9. The van der Waals surface area contributed by atoms with E-state index in [4.69, 9.17) is 0 Å². The van der Waals surface area contributed by atoms with E-state index in [-0.39, 0.29) is 0 Å². The van der Waals surface area contributed by atoms with Crippen molar-refractivity contribution >= 4 is 23.3 Å². The Hall–Kier alpha value is -2.87. The maximum absolute atomic E-state index is 11.0. The molecule has 0 aromatic heterocycles. The molecular formula is C23H23NO. The molecule has 2 nitrogen and oxygen atoms in total. The number of aldehydes is 1. The maximum Gasteiger partial charge on any atom is 0.150 e. The van der Waals surface area contributed by atoms with Gasteiger partial charge in [-0.05, 0) is 60.4 Å². The first kappa shape index (κ1) is 17.0. The van der Waals surface area contributed by atoms with Gasteiger partial charge in [0.2, 0.25) is 0 Å². The van der Waals surface area contributed by atoms with E-state index in [0.29, 0.717) is 11.5 Å². The number of hydrogen-bond donors (Lipinski definition) is 0. The molecule has 0 aliphatic heterocycles. The first-order chi connectivity index (χ1) is 12.1. The summed E-state index contributed by atoms with van der Waals surface area (Å²) in [6, 6.07) is 24.6. The number of benzene rings is 3. The fourth-order valence-electron chi connectivity index (χ4n) is 3.14. The van der Waals surface area contributed by atoms with Crippen molar-refractivity contribution in [1.29, 1.82) is 0 Å². The lowest BCUT2D eigenvalue weighted by Gasteiger charge is -2.30. The van der Waals surface area contributed by atoms with Crippen LogP contribution < -0.4 is 4.90 Å². The Balaban J connectivity index is 2.24. The largest absolute Gasteiger partial charge is 0.310 e. The number of carbonyl (C=O) groups excluding carboxylic acids is 1. The molecule has 0 fully saturated rings. The summed E-state index contributed by atoms with van der Waals surface area (Å²) >= 11 is 0. The highest BCUT2D eigenvalue weighted by Gasteiger charge is 2.19. The molecule has 0 aliphatic carbocycles. The number of rotatable bonds is 5. The van der Waals surface area contributed by atoms with Crippen molar-refractivity contribution in [2.75, 3.05) is 4.90 Å². The highest BCUT2D eigenvalue weighted by atomic mass is 16.1. The minimum Gasteiger partial charge on any atom is -0.310 e. The van der Waals surface area contributed by atoms with Gasteiger partial charge < -0.3 is 4.90 Å². The molecule has 0 spiro atoms. The van der Waals surface area contributed by atoms with Crippen LogP contribution in [-0.4, -0.2) is 6.29 Å². The Morgan fingerprint density at radius 3 is 2.04 bits per heavy atom. The Labute approximate surface area is 149 Å². The lowest BCUT2D eigenvalue weighted by atomic mass is 9.96. The van der Waals surface area contributed by atoms with Crippen LogP contribution in [0, 0.1) is 6.92 Å². The second kappa shape index (κ2) is 7.35. The predicted molar refractivity (Wildman–Crippen MR) is 105 cm³/mol. The van der Waals surface area contributed by atoms with Crippen molar-refractivity contribution in [3.05, 3.63) is 89.5 Å². The fraction of sp³-hybridized carbons (Fsp3) is 0.174. The Bertz CT molecular complexity index is 851. The average Bonchev–Trinajstić information content (AvgIpc) is 2.64. The van der Waals surface area contributed by atoms with Crippen LogP contribution in [0.1, 0.15) is 41.3 Å². The van der Waals surface area contributed by atoms with Crippen LogP contribution in [0.15, 0.2) is 72.8 Å². The minimum atomic E-state index is 0.412. The van der Waals surface area contributed by atoms with E-state index in [0.717, 1.165) is 17.7 Å². The normalized spacial score (nSPS) is 10.7. The van der Waals surface area contributed by atoms with Gasteiger partial charge >= 0.3 is 0 Å². The molecule has 0 radical (unpaired) electrons. The summed E-state index contributed by atoms with van der Waals surface area (Å²) in [6.07, 6.45) is 0.879. The number of nitrogens with zero attached hydrogens (tertiary/aromatic N) is 1. The minimum absolute atomic E-state index is 0.412. The van der Waals surface area contributed by atoms with Crippen LogP contribution in [0.3, 0.4) is 0 Å². The van der Waals surface area contributed by atoms with Gasteiger partial charge in [-0.2, -0.15) is 0 Å². The van der Waals surface area contributed by atoms with Gasteiger partial charge in [0.1, 0.15) is 6.29 Å². The molecule has 0 bridgehead atoms. The van der Waals surface area contributed by atoms with E-state index < -0.39 is 0 Å². The van der Waals surface area contributed by atoms with Crippen LogP contribution >= 0.6 is 0 Å². The second-order valence-corrected chi connectivity index (χ2v) is 6.55. The van der Waals surface area contributed by atoms with E-state index in [1.807, 2.05) is 30.3 Å². The summed E-state index contributed by atoms with van der Waals surface area (Å²) in [4.78, 5) is 13.3. The van der Waals surface area contributed by atoms with Crippen molar-refractivity contribution in [2.24, 2.45) is 0 Å². The molecule has 126 valence electrons. The Morgan fingerprint density at radius 1 is 0.800 bits per heavy atom. The van der Waals surface area contributed by atoms with Crippen molar-refractivity contribution in [3.63, 3.8) is 0 Å². The Morgan fingerprint density at radius 2 is 1.44 bits per heavy atom. The van der Waals surface area contributed by atoms with E-state index in [2.05, 4.69) is 68.1 Å². The van der Waals surface area contributed by atoms with E-state index in [1.54, 1.807) is 0 Å². The first-order valence-corrected chi connectivity index (χ1v) is 8.61. The monoisotopic (exact) mass is 329 g/mol. The molecule has 0 aliphatic rings. The van der Waals surface area contributed by atoms with Gasteiger partial charge in [0, 0.05) is 16.9 Å². The van der Waals surface area contributed by atoms with Crippen molar-refractivity contribution in [3.8, 4) is 0 Å². The third kappa shape index (κ3) is 3.48. The molecule has 0 N–H and O–H groups in total. The summed E-state index contributed by atoms with van der Waals surface area (Å²) < 4.78 is 0. The summed E-state index contributed by atoms with van der Waals surface area (Å²) in [5.74, 6) is 0.412. The quantitative estimate of drug-likeness (QED) is 0.505. The standard InChI is InChI=1S/C23H23NO/c1-17(2)22-11-7-8-18(3)23(22)24(20-9-5-4-6-10-20)21-14-12-19(16-25)13-15-21/h4-17H,1-3H3. The zero-order chi connectivity index (χ0) is 17.8. The molecule has 3 rings (SSSR count). The molecule has 3 aromatic rings. The summed E-state index contributed by atoms with van der Waals surface area (Å²) in [6.45, 7) is 6.59. The molecule has 0 unspecified atom stereocenters. The van der Waals surface area contributed by atoms with E-state index in [1.165, 1.54) is 16.8 Å². The van der Waals surface area contributed by atoms with E-state index >= 15 is 0 Å². The topological polar surface area (TPSA) is 20.3 Å². The van der Waals surface area contributed by atoms with Gasteiger partial charge in [0.15, 0.2) is 0 Å². The van der Waals surface area contributed by atoms with Crippen LogP contribution in [0.5, 0.6) is 0 Å². The fourth-order valence-corrected chi connectivity index (χ4v) is 3.14. The van der Waals surface area contributed by atoms with Gasteiger partial charge in [-0.1, -0.05) is 50.2 Å². The smallest absolute Gasteiger partial charge is 0.150 e. The van der Waals surface area contributed by atoms with Crippen LogP contribution in [-0.2, 0) is 0 Å². The zero-order valence-electron chi connectivity index (χ0n) is 14.9. The average molecular weight is 329 g/mol. The molecule has 0 amide bonds. The molecule has 3 aromatic carbocycles. The summed E-state index contributed by atoms with van der Waals surface area (Å²) in [5, 5.41) is 0. The molecule has 0 saturated heterocycles.